The van der Waals surface area contributed by atoms with E-state index in [2.05, 4.69) is 35.3 Å². The Balaban J connectivity index is 0.00000182. The molecule has 7 heteroatoms. The van der Waals surface area contributed by atoms with Crippen molar-refractivity contribution in [3.8, 4) is 0 Å². The minimum absolute atomic E-state index is 0. The number of carbonyl (C=O) groups is 1. The fourth-order valence-corrected chi connectivity index (χ4v) is 3.46. The first-order chi connectivity index (χ1) is 12.0. The van der Waals surface area contributed by atoms with Crippen molar-refractivity contribution >= 4 is 53.7 Å². The smallest absolute Gasteiger partial charge is 0.257 e. The minimum Gasteiger partial charge on any atom is -0.371 e. The number of carbonyl (C=O) groups excluding carboxylic acids is 1. The van der Waals surface area contributed by atoms with Gasteiger partial charge in [-0.3, -0.25) is 4.79 Å². The molecule has 0 atom stereocenters. The van der Waals surface area contributed by atoms with Crippen molar-refractivity contribution in [2.45, 2.75) is 18.9 Å². The fraction of sp³-hybridized carbons (Fsp3) is 0.350. The Bertz CT molecular complexity index is 749. The number of piperidine rings is 1. The molecule has 2 aromatic rings. The van der Waals surface area contributed by atoms with E-state index in [4.69, 9.17) is 11.6 Å². The van der Waals surface area contributed by atoms with Crippen molar-refractivity contribution in [1.82, 2.24) is 4.90 Å². The van der Waals surface area contributed by atoms with Gasteiger partial charge in [0, 0.05) is 24.5 Å². The lowest BCUT2D eigenvalue weighted by molar-refractivity contribution is 0.102. The van der Waals surface area contributed by atoms with E-state index >= 15 is 0 Å². The van der Waals surface area contributed by atoms with Crippen LogP contribution < -0.4 is 10.2 Å². The van der Waals surface area contributed by atoms with Gasteiger partial charge in [-0.2, -0.15) is 0 Å². The lowest BCUT2D eigenvalue weighted by Crippen LogP contribution is -2.42. The quantitative estimate of drug-likeness (QED) is 0.744. The second kappa shape index (κ2) is 10.8. The van der Waals surface area contributed by atoms with Crippen LogP contribution in [0.1, 0.15) is 23.2 Å². The number of rotatable bonds is 4. The molecule has 1 saturated heterocycles. The van der Waals surface area contributed by atoms with E-state index < -0.39 is 0 Å². The summed E-state index contributed by atoms with van der Waals surface area (Å²) in [5.74, 6) is -0.190. The maximum Gasteiger partial charge on any atom is 0.257 e. The third-order valence-corrected chi connectivity index (χ3v) is 5.20. The van der Waals surface area contributed by atoms with Gasteiger partial charge in [-0.25, -0.2) is 0 Å². The van der Waals surface area contributed by atoms with Crippen molar-refractivity contribution < 1.29 is 4.79 Å². The van der Waals surface area contributed by atoms with Crippen LogP contribution in [0.5, 0.6) is 0 Å². The molecule has 1 amide bonds. The highest BCUT2D eigenvalue weighted by molar-refractivity contribution is 6.34. The first-order valence-electron chi connectivity index (χ1n) is 8.62. The number of amides is 1. The number of nitrogens with zero attached hydrogens (tertiary/aromatic N) is 2. The van der Waals surface area contributed by atoms with Gasteiger partial charge in [-0.1, -0.05) is 29.8 Å². The van der Waals surface area contributed by atoms with Gasteiger partial charge in [0.1, 0.15) is 0 Å². The topological polar surface area (TPSA) is 35.6 Å². The molecule has 1 fully saturated rings. The first-order valence-corrected chi connectivity index (χ1v) is 8.99. The van der Waals surface area contributed by atoms with E-state index in [1.165, 1.54) is 0 Å². The molecule has 0 saturated carbocycles. The number of likely N-dealkylation sites (tertiary alicyclic amines) is 1. The number of benzene rings is 2. The third-order valence-electron chi connectivity index (χ3n) is 4.87. The summed E-state index contributed by atoms with van der Waals surface area (Å²) in [6.07, 6.45) is 2.31. The zero-order valence-corrected chi connectivity index (χ0v) is 17.9. The Hall–Kier alpha value is -1.46. The molecule has 0 unspecified atom stereocenters. The molecule has 0 aliphatic carbocycles. The summed E-state index contributed by atoms with van der Waals surface area (Å²) < 4.78 is 0. The molecule has 0 radical (unpaired) electrons. The molecule has 0 aromatic heterocycles. The maximum absolute atomic E-state index is 12.4. The molecule has 2 aromatic carbocycles. The van der Waals surface area contributed by atoms with Crippen molar-refractivity contribution in [3.05, 3.63) is 59.1 Å². The van der Waals surface area contributed by atoms with E-state index in [1.807, 2.05) is 30.3 Å². The summed E-state index contributed by atoms with van der Waals surface area (Å²) in [7, 11) is 4.30. The maximum atomic E-state index is 12.4. The first kappa shape index (κ1) is 23.6. The van der Waals surface area contributed by atoms with Crippen LogP contribution in [0.4, 0.5) is 11.4 Å². The van der Waals surface area contributed by atoms with Gasteiger partial charge in [0.25, 0.3) is 5.91 Å². The molecular weight excluding hydrogens is 405 g/mol. The number of anilines is 2. The standard InChI is InChI=1S/C20H24ClN3O.2ClH/c1-23-12-10-16(11-13-23)24(2)17-7-5-6-15(14-17)22-20(25)18-8-3-4-9-19(18)21;;/h3-9,14,16H,10-13H2,1-2H3,(H,22,25);2*1H. The Labute approximate surface area is 178 Å². The van der Waals surface area contributed by atoms with E-state index in [9.17, 15) is 4.79 Å². The molecule has 148 valence electrons. The van der Waals surface area contributed by atoms with Gasteiger partial charge < -0.3 is 15.1 Å². The summed E-state index contributed by atoms with van der Waals surface area (Å²) in [6.45, 7) is 2.25. The molecule has 1 heterocycles. The molecule has 27 heavy (non-hydrogen) atoms. The van der Waals surface area contributed by atoms with Gasteiger partial charge in [-0.15, -0.1) is 24.8 Å². The van der Waals surface area contributed by atoms with Gasteiger partial charge in [0.05, 0.1) is 10.6 Å². The van der Waals surface area contributed by atoms with Crippen LogP contribution >= 0.6 is 36.4 Å². The highest BCUT2D eigenvalue weighted by atomic mass is 35.5. The van der Waals surface area contributed by atoms with Gasteiger partial charge in [-0.05, 0) is 63.3 Å². The van der Waals surface area contributed by atoms with Gasteiger partial charge in [0.2, 0.25) is 0 Å². The fourth-order valence-electron chi connectivity index (χ4n) is 3.24. The number of halogens is 3. The van der Waals surface area contributed by atoms with Crippen LogP contribution in [0.25, 0.3) is 0 Å². The third kappa shape index (κ3) is 6.01. The summed E-state index contributed by atoms with van der Waals surface area (Å²) in [6, 6.07) is 15.6. The number of nitrogens with one attached hydrogen (secondary N) is 1. The second-order valence-electron chi connectivity index (χ2n) is 6.63. The summed E-state index contributed by atoms with van der Waals surface area (Å²) in [5, 5.41) is 3.40. The summed E-state index contributed by atoms with van der Waals surface area (Å²) >= 11 is 6.11. The van der Waals surface area contributed by atoms with Crippen molar-refractivity contribution in [2.24, 2.45) is 0 Å². The monoisotopic (exact) mass is 429 g/mol. The predicted molar refractivity (Wildman–Crippen MR) is 119 cm³/mol. The second-order valence-corrected chi connectivity index (χ2v) is 7.04. The highest BCUT2D eigenvalue weighted by Gasteiger charge is 2.21. The van der Waals surface area contributed by atoms with Crippen LogP contribution in [-0.2, 0) is 0 Å². The normalized spacial score (nSPS) is 14.6. The van der Waals surface area contributed by atoms with Gasteiger partial charge in [0.15, 0.2) is 0 Å². The largest absolute Gasteiger partial charge is 0.371 e. The number of hydrogen-bond donors (Lipinski definition) is 1. The zero-order valence-electron chi connectivity index (χ0n) is 15.5. The van der Waals surface area contributed by atoms with Crippen LogP contribution in [0.2, 0.25) is 5.02 Å². The van der Waals surface area contributed by atoms with Crippen LogP contribution in [-0.4, -0.2) is 44.0 Å². The van der Waals surface area contributed by atoms with E-state index in [0.717, 1.165) is 37.3 Å². The Morgan fingerprint density at radius 1 is 1.11 bits per heavy atom. The van der Waals surface area contributed by atoms with E-state index in [-0.39, 0.29) is 30.7 Å². The average molecular weight is 431 g/mol. The number of hydrogen-bond acceptors (Lipinski definition) is 3. The lowest BCUT2D eigenvalue weighted by Gasteiger charge is -2.36. The minimum atomic E-state index is -0.190. The molecular formula is C20H26Cl3N3O. The molecule has 0 spiro atoms. The van der Waals surface area contributed by atoms with Crippen molar-refractivity contribution in [2.75, 3.05) is 37.4 Å². The van der Waals surface area contributed by atoms with Crippen LogP contribution in [0.3, 0.4) is 0 Å². The zero-order chi connectivity index (χ0) is 17.8. The Morgan fingerprint density at radius 2 is 1.78 bits per heavy atom. The molecule has 1 N–H and O–H groups in total. The van der Waals surface area contributed by atoms with Crippen molar-refractivity contribution in [3.63, 3.8) is 0 Å². The van der Waals surface area contributed by atoms with Gasteiger partial charge >= 0.3 is 0 Å². The average Bonchev–Trinajstić information content (AvgIpc) is 2.62. The van der Waals surface area contributed by atoms with Crippen LogP contribution in [0, 0.1) is 0 Å². The molecule has 3 rings (SSSR count). The highest BCUT2D eigenvalue weighted by Crippen LogP contribution is 2.25. The molecule has 4 nitrogen and oxygen atoms in total. The lowest BCUT2D eigenvalue weighted by atomic mass is 10.0. The molecule has 1 aliphatic heterocycles. The Morgan fingerprint density at radius 3 is 2.44 bits per heavy atom. The SMILES string of the molecule is CN1CCC(N(C)c2cccc(NC(=O)c3ccccc3Cl)c2)CC1.Cl.Cl. The van der Waals surface area contributed by atoms with Crippen molar-refractivity contribution in [1.29, 1.82) is 0 Å². The van der Waals surface area contributed by atoms with E-state index in [1.54, 1.807) is 12.1 Å². The van der Waals surface area contributed by atoms with Crippen LogP contribution in [0.15, 0.2) is 48.5 Å². The van der Waals surface area contributed by atoms with E-state index in [0.29, 0.717) is 16.6 Å². The molecule has 0 bridgehead atoms. The summed E-state index contributed by atoms with van der Waals surface area (Å²) in [5.41, 5.74) is 2.38. The Kier molecular flexibility index (Phi) is 9.40. The predicted octanol–water partition coefficient (Wildman–Crippen LogP) is 4.97. The summed E-state index contributed by atoms with van der Waals surface area (Å²) in [4.78, 5) is 17.1. The molecule has 1 aliphatic rings.